The van der Waals surface area contributed by atoms with Gasteiger partial charge in [-0.1, -0.05) is 37.6 Å². The highest BCUT2D eigenvalue weighted by Gasteiger charge is 2.19. The summed E-state index contributed by atoms with van der Waals surface area (Å²) in [7, 11) is 0. The van der Waals surface area contributed by atoms with E-state index in [1.807, 2.05) is 12.4 Å². The minimum atomic E-state index is 0.743. The first-order valence-corrected chi connectivity index (χ1v) is 7.62. The fraction of sp³-hybridized carbons (Fsp3) is 0.389. The van der Waals surface area contributed by atoms with Gasteiger partial charge in [-0.05, 0) is 42.0 Å². The molecule has 3 rings (SSSR count). The molecule has 0 unspecified atom stereocenters. The summed E-state index contributed by atoms with van der Waals surface area (Å²) in [5.74, 6) is 0. The summed E-state index contributed by atoms with van der Waals surface area (Å²) in [6.45, 7) is 3.15. The molecule has 104 valence electrons. The number of rotatable bonds is 6. The van der Waals surface area contributed by atoms with E-state index in [0.29, 0.717) is 0 Å². The molecule has 0 amide bonds. The third kappa shape index (κ3) is 3.45. The quantitative estimate of drug-likeness (QED) is 0.856. The number of hydrogen-bond acceptors (Lipinski definition) is 2. The van der Waals surface area contributed by atoms with E-state index in [1.165, 1.54) is 41.5 Å². The van der Waals surface area contributed by atoms with Crippen LogP contribution >= 0.6 is 0 Å². The van der Waals surface area contributed by atoms with Crippen molar-refractivity contribution in [2.75, 3.05) is 0 Å². The molecule has 0 atom stereocenters. The molecule has 1 N–H and O–H groups in total. The number of benzene rings is 1. The predicted molar refractivity (Wildman–Crippen MR) is 83.5 cm³/mol. The third-order valence-corrected chi connectivity index (χ3v) is 3.79. The molecule has 2 aromatic rings. The molecule has 0 aliphatic heterocycles. The average molecular weight is 266 g/mol. The van der Waals surface area contributed by atoms with Crippen LogP contribution in [0.4, 0.5) is 0 Å². The molecule has 0 radical (unpaired) electrons. The third-order valence-electron chi connectivity index (χ3n) is 3.79. The van der Waals surface area contributed by atoms with Crippen LogP contribution in [-0.4, -0.2) is 11.0 Å². The monoisotopic (exact) mass is 266 g/mol. The lowest BCUT2D eigenvalue weighted by Gasteiger charge is -2.07. The van der Waals surface area contributed by atoms with Gasteiger partial charge in [0.1, 0.15) is 0 Å². The van der Waals surface area contributed by atoms with Crippen LogP contribution < -0.4 is 5.32 Å². The predicted octanol–water partition coefficient (Wildman–Crippen LogP) is 3.95. The van der Waals surface area contributed by atoms with Crippen LogP contribution in [0.3, 0.4) is 0 Å². The largest absolute Gasteiger partial charge is 0.310 e. The fourth-order valence-electron chi connectivity index (χ4n) is 2.44. The van der Waals surface area contributed by atoms with Crippen molar-refractivity contribution in [3.8, 4) is 11.1 Å². The molecule has 2 heteroatoms. The Kier molecular flexibility index (Phi) is 4.12. The van der Waals surface area contributed by atoms with Crippen LogP contribution in [0.25, 0.3) is 11.1 Å². The van der Waals surface area contributed by atoms with E-state index < -0.39 is 0 Å². The Balaban J connectivity index is 1.72. The van der Waals surface area contributed by atoms with E-state index in [2.05, 4.69) is 47.6 Å². The topological polar surface area (TPSA) is 24.9 Å². The van der Waals surface area contributed by atoms with E-state index in [-0.39, 0.29) is 0 Å². The summed E-state index contributed by atoms with van der Waals surface area (Å²) in [4.78, 5) is 4.38. The number of nitrogens with one attached hydrogen (secondary N) is 1. The van der Waals surface area contributed by atoms with Crippen LogP contribution in [0.15, 0.2) is 42.7 Å². The first kappa shape index (κ1) is 13.3. The van der Waals surface area contributed by atoms with Gasteiger partial charge >= 0.3 is 0 Å². The zero-order chi connectivity index (χ0) is 13.8. The maximum absolute atomic E-state index is 4.38. The van der Waals surface area contributed by atoms with Crippen molar-refractivity contribution in [1.29, 1.82) is 0 Å². The van der Waals surface area contributed by atoms with Crippen molar-refractivity contribution in [1.82, 2.24) is 10.3 Å². The summed E-state index contributed by atoms with van der Waals surface area (Å²) in [5.41, 5.74) is 5.15. The Bertz CT molecular complexity index is 556. The standard InChI is InChI=1S/C18H22N2/c1-2-3-14-4-6-16(7-5-14)17-10-15(11-19-13-17)12-20-18-8-9-18/h4-7,10-11,13,18,20H,2-3,8-9,12H2,1H3. The van der Waals surface area contributed by atoms with Gasteiger partial charge in [0.05, 0.1) is 0 Å². The van der Waals surface area contributed by atoms with Gasteiger partial charge in [-0.2, -0.15) is 0 Å². The lowest BCUT2D eigenvalue weighted by molar-refractivity contribution is 0.686. The Labute approximate surface area is 121 Å². The second kappa shape index (κ2) is 6.19. The number of nitrogens with zero attached hydrogens (tertiary/aromatic N) is 1. The van der Waals surface area contributed by atoms with Crippen LogP contribution in [0.2, 0.25) is 0 Å². The molecule has 0 spiro atoms. The zero-order valence-corrected chi connectivity index (χ0v) is 12.1. The van der Waals surface area contributed by atoms with E-state index in [9.17, 15) is 0 Å². The molecule has 1 saturated carbocycles. The summed E-state index contributed by atoms with van der Waals surface area (Å²) in [6, 6.07) is 11.9. The summed E-state index contributed by atoms with van der Waals surface area (Å²) in [5, 5.41) is 3.54. The first-order valence-electron chi connectivity index (χ1n) is 7.62. The minimum absolute atomic E-state index is 0.743. The molecule has 1 aliphatic rings. The van der Waals surface area contributed by atoms with Gasteiger partial charge in [0.2, 0.25) is 0 Å². The average Bonchev–Trinajstić information content (AvgIpc) is 3.31. The van der Waals surface area contributed by atoms with Gasteiger partial charge in [-0.15, -0.1) is 0 Å². The maximum atomic E-state index is 4.38. The fourth-order valence-corrected chi connectivity index (χ4v) is 2.44. The molecule has 0 bridgehead atoms. The van der Waals surface area contributed by atoms with Gasteiger partial charge in [-0.25, -0.2) is 0 Å². The van der Waals surface area contributed by atoms with Crippen molar-refractivity contribution in [3.63, 3.8) is 0 Å². The SMILES string of the molecule is CCCc1ccc(-c2cncc(CNC3CC3)c2)cc1. The van der Waals surface area contributed by atoms with Crippen LogP contribution in [0, 0.1) is 0 Å². The number of hydrogen-bond donors (Lipinski definition) is 1. The van der Waals surface area contributed by atoms with Gasteiger partial charge in [0.15, 0.2) is 0 Å². The second-order valence-corrected chi connectivity index (χ2v) is 5.68. The first-order chi connectivity index (χ1) is 9.85. The molecule has 20 heavy (non-hydrogen) atoms. The zero-order valence-electron chi connectivity index (χ0n) is 12.1. The molecule has 1 aliphatic carbocycles. The van der Waals surface area contributed by atoms with Crippen molar-refractivity contribution >= 4 is 0 Å². The van der Waals surface area contributed by atoms with Gasteiger partial charge in [0.25, 0.3) is 0 Å². The maximum Gasteiger partial charge on any atom is 0.0346 e. The summed E-state index contributed by atoms with van der Waals surface area (Å²) in [6.07, 6.45) is 8.92. The normalized spacial score (nSPS) is 14.4. The Morgan fingerprint density at radius 3 is 2.55 bits per heavy atom. The highest BCUT2D eigenvalue weighted by Crippen LogP contribution is 2.22. The highest BCUT2D eigenvalue weighted by atomic mass is 14.9. The van der Waals surface area contributed by atoms with Crippen molar-refractivity contribution in [2.24, 2.45) is 0 Å². The summed E-state index contributed by atoms with van der Waals surface area (Å²) < 4.78 is 0. The number of aryl methyl sites for hydroxylation is 1. The van der Waals surface area contributed by atoms with Gasteiger partial charge in [-0.3, -0.25) is 4.98 Å². The van der Waals surface area contributed by atoms with E-state index in [0.717, 1.165) is 19.0 Å². The lowest BCUT2D eigenvalue weighted by atomic mass is 10.0. The van der Waals surface area contributed by atoms with E-state index >= 15 is 0 Å². The van der Waals surface area contributed by atoms with Crippen LogP contribution in [0.1, 0.15) is 37.3 Å². The van der Waals surface area contributed by atoms with Gasteiger partial charge in [0, 0.05) is 30.5 Å². The number of aromatic nitrogens is 1. The van der Waals surface area contributed by atoms with E-state index in [1.54, 1.807) is 0 Å². The smallest absolute Gasteiger partial charge is 0.0346 e. The summed E-state index contributed by atoms with van der Waals surface area (Å²) >= 11 is 0. The van der Waals surface area contributed by atoms with Crippen LogP contribution in [-0.2, 0) is 13.0 Å². The Morgan fingerprint density at radius 1 is 1.05 bits per heavy atom. The molecule has 1 heterocycles. The lowest BCUT2D eigenvalue weighted by Crippen LogP contribution is -2.15. The van der Waals surface area contributed by atoms with Crippen molar-refractivity contribution in [2.45, 2.75) is 45.2 Å². The minimum Gasteiger partial charge on any atom is -0.310 e. The van der Waals surface area contributed by atoms with Gasteiger partial charge < -0.3 is 5.32 Å². The van der Waals surface area contributed by atoms with Crippen molar-refractivity contribution in [3.05, 3.63) is 53.9 Å². The molecule has 1 aromatic carbocycles. The Hall–Kier alpha value is -1.67. The number of pyridine rings is 1. The molecule has 0 saturated heterocycles. The van der Waals surface area contributed by atoms with Crippen molar-refractivity contribution < 1.29 is 0 Å². The molecule has 1 aromatic heterocycles. The van der Waals surface area contributed by atoms with Crippen LogP contribution in [0.5, 0.6) is 0 Å². The second-order valence-electron chi connectivity index (χ2n) is 5.68. The van der Waals surface area contributed by atoms with E-state index in [4.69, 9.17) is 0 Å². The molecule has 1 fully saturated rings. The Morgan fingerprint density at radius 2 is 1.85 bits per heavy atom. The molecule has 2 nitrogen and oxygen atoms in total. The highest BCUT2D eigenvalue weighted by molar-refractivity contribution is 5.63. The molecular formula is C18H22N2. The molecular weight excluding hydrogens is 244 g/mol.